The molecule has 0 saturated heterocycles. The van der Waals surface area contributed by atoms with E-state index in [-0.39, 0.29) is 114 Å². The zero-order valence-electron chi connectivity index (χ0n) is 39.8. The summed E-state index contributed by atoms with van der Waals surface area (Å²) in [4.78, 5) is 92.3. The SMILES string of the molecule is COc1ccc(NC(C)=O)cc1C(=O)NC(CCCNC(=N)N)C(=O)Nc1ccc(OC)c(C(=O)NC(CCCNC(=N)N)C(=O)Nc2ccc(OCC(=O)O)c(C(=O)NC(C)CCCNC(=N)N)c2)c1. The highest BCUT2D eigenvalue weighted by atomic mass is 16.5. The number of carbonyl (C=O) groups excluding carboxylic acids is 6. The van der Waals surface area contributed by atoms with Crippen LogP contribution in [-0.2, 0) is 19.2 Å². The predicted molar refractivity (Wildman–Crippen MR) is 264 cm³/mol. The molecule has 384 valence electrons. The number of hydrogen-bond donors (Lipinski definition) is 16. The van der Waals surface area contributed by atoms with Crippen molar-refractivity contribution in [3.05, 3.63) is 71.3 Å². The molecular weight excluding hydrogens is 927 g/mol. The van der Waals surface area contributed by atoms with Gasteiger partial charge in [-0.2, -0.15) is 0 Å². The minimum atomic E-state index is -1.30. The third-order valence-electron chi connectivity index (χ3n) is 10.0. The van der Waals surface area contributed by atoms with Crippen LogP contribution in [0.1, 0.15) is 83.4 Å². The molecule has 0 aliphatic heterocycles. The fraction of sp³-hybridized carbons (Fsp3) is 0.378. The summed E-state index contributed by atoms with van der Waals surface area (Å²) in [7, 11) is 2.66. The second kappa shape index (κ2) is 28.5. The normalized spacial score (nSPS) is 11.7. The zero-order valence-corrected chi connectivity index (χ0v) is 39.8. The standard InChI is InChI=1S/C45H63N15O11/c1-24(8-5-17-52-43(46)47)55-38(64)31-22-28(13-16-36(31)71-23-37(62)63)58-42(68)33(10-7-19-54-45(50)51)60-40(66)30-21-27(12-15-35(30)70-4)57-41(67)32(9-6-18-53-44(48)49)59-39(65)29-20-26(56-25(2)61)11-14-34(29)69-3/h11-16,20-22,24,32-33H,5-10,17-19,23H2,1-4H3,(H,55,64)(H,56,61)(H,57,67)(H,58,68)(H,59,65)(H,60,66)(H,62,63)(H4,46,47,52)(H4,48,49,53)(H4,50,51,54). The molecule has 26 heteroatoms. The zero-order chi connectivity index (χ0) is 52.6. The molecule has 0 radical (unpaired) electrons. The van der Waals surface area contributed by atoms with E-state index in [0.29, 0.717) is 25.1 Å². The lowest BCUT2D eigenvalue weighted by Crippen LogP contribution is -2.45. The summed E-state index contributed by atoms with van der Waals surface area (Å²) in [5.41, 5.74) is 16.5. The number of carboxylic acids is 1. The van der Waals surface area contributed by atoms with Crippen LogP contribution in [0, 0.1) is 16.2 Å². The van der Waals surface area contributed by atoms with Gasteiger partial charge in [-0.05, 0) is 100 Å². The Labute approximate surface area is 409 Å². The van der Waals surface area contributed by atoms with Gasteiger partial charge < -0.3 is 84.4 Å². The van der Waals surface area contributed by atoms with Crippen molar-refractivity contribution >= 4 is 76.4 Å². The average Bonchev–Trinajstić information content (AvgIpc) is 3.31. The smallest absolute Gasteiger partial charge is 0.341 e. The van der Waals surface area contributed by atoms with Crippen LogP contribution in [0.15, 0.2) is 54.6 Å². The summed E-state index contributed by atoms with van der Waals surface area (Å²) in [6.45, 7) is 3.01. The molecule has 0 spiro atoms. The predicted octanol–water partition coefficient (Wildman–Crippen LogP) is 0.508. The summed E-state index contributed by atoms with van der Waals surface area (Å²) >= 11 is 0. The molecule has 0 aliphatic carbocycles. The van der Waals surface area contributed by atoms with E-state index in [1.165, 1.54) is 75.7 Å². The number of benzene rings is 3. The van der Waals surface area contributed by atoms with Gasteiger partial charge in [-0.15, -0.1) is 0 Å². The minimum absolute atomic E-state index is 0.00187. The van der Waals surface area contributed by atoms with Gasteiger partial charge in [-0.3, -0.25) is 45.0 Å². The van der Waals surface area contributed by atoms with Crippen LogP contribution >= 0.6 is 0 Å². The summed E-state index contributed by atoms with van der Waals surface area (Å²) in [6, 6.07) is 9.69. The van der Waals surface area contributed by atoms with Gasteiger partial charge in [0, 0.05) is 49.7 Å². The molecule has 0 bridgehead atoms. The maximum atomic E-state index is 14.1. The number of ether oxygens (including phenoxy) is 3. The number of amides is 6. The van der Waals surface area contributed by atoms with Crippen molar-refractivity contribution in [3.8, 4) is 17.2 Å². The Morgan fingerprint density at radius 2 is 0.930 bits per heavy atom. The van der Waals surface area contributed by atoms with E-state index in [1.54, 1.807) is 6.92 Å². The maximum Gasteiger partial charge on any atom is 0.341 e. The summed E-state index contributed by atoms with van der Waals surface area (Å²) < 4.78 is 16.2. The van der Waals surface area contributed by atoms with Crippen LogP contribution in [0.25, 0.3) is 0 Å². The molecule has 3 rings (SSSR count). The molecular formula is C45H63N15O11. The number of aliphatic carboxylic acids is 1. The molecule has 0 aliphatic rings. The van der Waals surface area contributed by atoms with Gasteiger partial charge in [0.05, 0.1) is 30.9 Å². The number of nitrogens with two attached hydrogens (primary N) is 3. The Morgan fingerprint density at radius 1 is 0.563 bits per heavy atom. The van der Waals surface area contributed by atoms with Crippen molar-refractivity contribution in [1.82, 2.24) is 31.9 Å². The largest absolute Gasteiger partial charge is 0.496 e. The van der Waals surface area contributed by atoms with Crippen molar-refractivity contribution < 1.29 is 52.9 Å². The monoisotopic (exact) mass is 989 g/mol. The van der Waals surface area contributed by atoms with Crippen molar-refractivity contribution in [2.45, 2.75) is 70.5 Å². The molecule has 0 aromatic heterocycles. The lowest BCUT2D eigenvalue weighted by atomic mass is 10.1. The third-order valence-corrected chi connectivity index (χ3v) is 10.0. The number of carboxylic acid groups (broad SMARTS) is 1. The van der Waals surface area contributed by atoms with Crippen molar-refractivity contribution in [3.63, 3.8) is 0 Å². The molecule has 71 heavy (non-hydrogen) atoms. The first-order valence-corrected chi connectivity index (χ1v) is 22.1. The van der Waals surface area contributed by atoms with E-state index in [2.05, 4.69) is 47.9 Å². The quantitative estimate of drug-likeness (QED) is 0.0268. The third kappa shape index (κ3) is 19.7. The summed E-state index contributed by atoms with van der Waals surface area (Å²) in [6.07, 6.45) is 1.58. The second-order valence-electron chi connectivity index (χ2n) is 15.8. The highest BCUT2D eigenvalue weighted by Crippen LogP contribution is 2.27. The van der Waals surface area contributed by atoms with Crippen molar-refractivity contribution in [1.29, 1.82) is 16.2 Å². The minimum Gasteiger partial charge on any atom is -0.496 e. The Hall–Kier alpha value is -8.84. The van der Waals surface area contributed by atoms with E-state index < -0.39 is 54.2 Å². The number of rotatable bonds is 28. The van der Waals surface area contributed by atoms with E-state index in [0.717, 1.165) is 0 Å². The Balaban J connectivity index is 1.91. The van der Waals surface area contributed by atoms with Gasteiger partial charge in [0.1, 0.15) is 29.3 Å². The molecule has 0 saturated carbocycles. The van der Waals surface area contributed by atoms with Crippen molar-refractivity contribution in [2.24, 2.45) is 17.2 Å². The van der Waals surface area contributed by atoms with Crippen LogP contribution in [-0.4, -0.2) is 123 Å². The molecule has 26 nitrogen and oxygen atoms in total. The van der Waals surface area contributed by atoms with Crippen LogP contribution < -0.4 is 79.3 Å². The van der Waals surface area contributed by atoms with Gasteiger partial charge in [0.15, 0.2) is 24.5 Å². The van der Waals surface area contributed by atoms with Gasteiger partial charge in [0.25, 0.3) is 17.7 Å². The molecule has 0 heterocycles. The topological polar surface area (TPSA) is 425 Å². The fourth-order valence-electron chi connectivity index (χ4n) is 6.71. The first-order chi connectivity index (χ1) is 33.7. The van der Waals surface area contributed by atoms with E-state index >= 15 is 0 Å². The average molecular weight is 990 g/mol. The number of nitrogens with one attached hydrogen (secondary N) is 12. The fourth-order valence-corrected chi connectivity index (χ4v) is 6.71. The molecule has 3 aromatic carbocycles. The number of guanidine groups is 3. The second-order valence-corrected chi connectivity index (χ2v) is 15.8. The number of carbonyl (C=O) groups is 7. The molecule has 3 aromatic rings. The van der Waals surface area contributed by atoms with Gasteiger partial charge in [-0.25, -0.2) is 4.79 Å². The molecule has 19 N–H and O–H groups in total. The lowest BCUT2D eigenvalue weighted by molar-refractivity contribution is -0.139. The summed E-state index contributed by atoms with van der Waals surface area (Å²) in [5, 5.41) is 55.7. The number of anilines is 3. The van der Waals surface area contributed by atoms with Crippen LogP contribution in [0.3, 0.4) is 0 Å². The van der Waals surface area contributed by atoms with E-state index in [4.69, 9.17) is 47.6 Å². The molecule has 0 fully saturated rings. The van der Waals surface area contributed by atoms with E-state index in [9.17, 15) is 38.7 Å². The van der Waals surface area contributed by atoms with Gasteiger partial charge in [-0.1, -0.05) is 0 Å². The van der Waals surface area contributed by atoms with E-state index in [1.807, 2.05) is 0 Å². The van der Waals surface area contributed by atoms with Crippen molar-refractivity contribution in [2.75, 3.05) is 56.4 Å². The van der Waals surface area contributed by atoms with Gasteiger partial charge in [0.2, 0.25) is 17.7 Å². The summed E-state index contributed by atoms with van der Waals surface area (Å²) in [5.74, 6) is -5.95. The first-order valence-electron chi connectivity index (χ1n) is 22.1. The maximum absolute atomic E-state index is 14.1. The first kappa shape index (κ1) is 56.5. The van der Waals surface area contributed by atoms with Gasteiger partial charge >= 0.3 is 5.97 Å². The number of methoxy groups -OCH3 is 2. The van der Waals surface area contributed by atoms with Crippen LogP contribution in [0.5, 0.6) is 17.2 Å². The molecule has 6 amide bonds. The van der Waals surface area contributed by atoms with Crippen LogP contribution in [0.2, 0.25) is 0 Å². The molecule has 3 atom stereocenters. The highest BCUT2D eigenvalue weighted by molar-refractivity contribution is 6.06. The Bertz CT molecular complexity index is 2430. The Morgan fingerprint density at radius 3 is 1.31 bits per heavy atom. The van der Waals surface area contributed by atoms with Crippen LogP contribution in [0.4, 0.5) is 17.1 Å². The lowest BCUT2D eigenvalue weighted by Gasteiger charge is -2.21. The highest BCUT2D eigenvalue weighted by Gasteiger charge is 2.27. The molecule has 3 unspecified atom stereocenters. The number of hydrogen-bond acceptors (Lipinski definition) is 13. The Kier molecular flexibility index (Phi) is 22.7.